The number of aliphatic hydroxyl groups excluding tert-OH is 1. The second-order valence-electron chi connectivity index (χ2n) is 5.95. The molecule has 1 fully saturated rings. The molecule has 1 aromatic rings. The van der Waals surface area contributed by atoms with Crippen LogP contribution in [0.3, 0.4) is 0 Å². The Morgan fingerprint density at radius 3 is 2.57 bits per heavy atom. The third-order valence-corrected chi connectivity index (χ3v) is 4.31. The lowest BCUT2D eigenvalue weighted by molar-refractivity contribution is -0.122. The number of amides is 1. The number of hydrogen-bond donors (Lipinski definition) is 2. The summed E-state index contributed by atoms with van der Waals surface area (Å²) in [7, 11) is 0. The highest BCUT2D eigenvalue weighted by Gasteiger charge is 2.25. The number of rotatable bonds is 6. The number of Topliss-reactive ketones (excluding diaryl/α,β-unsaturated/α-hetero) is 1. The van der Waals surface area contributed by atoms with Gasteiger partial charge in [-0.1, -0.05) is 12.8 Å². The van der Waals surface area contributed by atoms with Crippen molar-refractivity contribution < 1.29 is 23.5 Å². The van der Waals surface area contributed by atoms with Crippen molar-refractivity contribution in [2.24, 2.45) is 5.92 Å². The fourth-order valence-electron chi connectivity index (χ4n) is 2.94. The van der Waals surface area contributed by atoms with Crippen LogP contribution in [0.25, 0.3) is 0 Å². The maximum absolute atomic E-state index is 13.1. The Morgan fingerprint density at radius 2 is 1.87 bits per heavy atom. The van der Waals surface area contributed by atoms with Gasteiger partial charge < -0.3 is 10.4 Å². The molecule has 1 aliphatic carbocycles. The molecule has 6 heteroatoms. The Balaban J connectivity index is 1.83. The van der Waals surface area contributed by atoms with Crippen LogP contribution in [0.5, 0.6) is 0 Å². The standard InChI is InChI=1S/C17H21F2NO3/c18-13-6-5-11(9-14(13)19)16(22)7-8-17(23)20-15-4-2-1-3-12(15)10-21/h5-6,9,12,15,21H,1-4,7-8,10H2,(H,20,23). The molecule has 23 heavy (non-hydrogen) atoms. The van der Waals surface area contributed by atoms with Crippen LogP contribution in [0.4, 0.5) is 8.78 Å². The third kappa shape index (κ3) is 4.82. The van der Waals surface area contributed by atoms with Crippen LogP contribution in [0, 0.1) is 17.6 Å². The van der Waals surface area contributed by atoms with Gasteiger partial charge in [0.25, 0.3) is 0 Å². The lowest BCUT2D eigenvalue weighted by atomic mass is 9.85. The smallest absolute Gasteiger partial charge is 0.220 e. The van der Waals surface area contributed by atoms with E-state index in [1.54, 1.807) is 0 Å². The van der Waals surface area contributed by atoms with Crippen molar-refractivity contribution in [1.29, 1.82) is 0 Å². The summed E-state index contributed by atoms with van der Waals surface area (Å²) in [5.74, 6) is -2.68. The first kappa shape index (κ1) is 17.5. The molecule has 0 spiro atoms. The maximum Gasteiger partial charge on any atom is 0.220 e. The van der Waals surface area contributed by atoms with E-state index in [1.165, 1.54) is 6.07 Å². The molecule has 126 valence electrons. The minimum absolute atomic E-state index is 0.00746. The van der Waals surface area contributed by atoms with Gasteiger partial charge in [-0.2, -0.15) is 0 Å². The van der Waals surface area contributed by atoms with Crippen LogP contribution in [0.1, 0.15) is 48.9 Å². The molecule has 1 aromatic carbocycles. The Bertz CT molecular complexity index is 577. The zero-order chi connectivity index (χ0) is 16.8. The highest BCUT2D eigenvalue weighted by molar-refractivity contribution is 5.97. The Hall–Kier alpha value is -1.82. The summed E-state index contributed by atoms with van der Waals surface area (Å²) in [6.07, 6.45) is 3.70. The lowest BCUT2D eigenvalue weighted by Gasteiger charge is -2.30. The molecule has 4 nitrogen and oxygen atoms in total. The number of nitrogens with one attached hydrogen (secondary N) is 1. The molecule has 0 aliphatic heterocycles. The molecular formula is C17H21F2NO3. The fourth-order valence-corrected chi connectivity index (χ4v) is 2.94. The van der Waals surface area contributed by atoms with Crippen molar-refractivity contribution in [2.45, 2.75) is 44.6 Å². The minimum Gasteiger partial charge on any atom is -0.396 e. The van der Waals surface area contributed by atoms with Crippen LogP contribution in [-0.2, 0) is 4.79 Å². The van der Waals surface area contributed by atoms with Crippen LogP contribution in [-0.4, -0.2) is 29.4 Å². The zero-order valence-corrected chi connectivity index (χ0v) is 12.9. The second-order valence-corrected chi connectivity index (χ2v) is 5.95. The van der Waals surface area contributed by atoms with Gasteiger partial charge >= 0.3 is 0 Å². The zero-order valence-electron chi connectivity index (χ0n) is 12.9. The number of carbonyl (C=O) groups excluding carboxylic acids is 2. The molecular weight excluding hydrogens is 304 g/mol. The minimum atomic E-state index is -1.08. The number of ketones is 1. The van der Waals surface area contributed by atoms with E-state index in [0.29, 0.717) is 0 Å². The van der Waals surface area contributed by atoms with Crippen LogP contribution in [0.15, 0.2) is 18.2 Å². The summed E-state index contributed by atoms with van der Waals surface area (Å²) in [6.45, 7) is 0.0404. The van der Waals surface area contributed by atoms with E-state index in [4.69, 9.17) is 0 Å². The largest absolute Gasteiger partial charge is 0.396 e. The van der Waals surface area contributed by atoms with Gasteiger partial charge in [0.05, 0.1) is 0 Å². The Labute approximate surface area is 133 Å². The van der Waals surface area contributed by atoms with E-state index in [9.17, 15) is 23.5 Å². The number of hydrogen-bond acceptors (Lipinski definition) is 3. The predicted molar refractivity (Wildman–Crippen MR) is 80.9 cm³/mol. The van der Waals surface area contributed by atoms with Gasteiger partial charge in [-0.25, -0.2) is 8.78 Å². The number of benzene rings is 1. The second kappa shape index (κ2) is 8.15. The summed E-state index contributed by atoms with van der Waals surface area (Å²) in [6, 6.07) is 2.90. The predicted octanol–water partition coefficient (Wildman–Crippen LogP) is 2.60. The van der Waals surface area contributed by atoms with Crippen LogP contribution in [0.2, 0.25) is 0 Å². The first-order valence-electron chi connectivity index (χ1n) is 7.89. The fraction of sp³-hybridized carbons (Fsp3) is 0.529. The Kier molecular flexibility index (Phi) is 6.21. The Morgan fingerprint density at radius 1 is 1.13 bits per heavy atom. The summed E-state index contributed by atoms with van der Waals surface area (Å²) >= 11 is 0. The van der Waals surface area contributed by atoms with Crippen molar-refractivity contribution in [3.63, 3.8) is 0 Å². The van der Waals surface area contributed by atoms with Crippen molar-refractivity contribution in [2.75, 3.05) is 6.61 Å². The molecule has 2 unspecified atom stereocenters. The van der Waals surface area contributed by atoms with Gasteiger partial charge in [-0.15, -0.1) is 0 Å². The molecule has 0 heterocycles. The van der Waals surface area contributed by atoms with E-state index in [2.05, 4.69) is 5.32 Å². The van der Waals surface area contributed by atoms with Gasteiger partial charge in [0.2, 0.25) is 5.91 Å². The molecule has 1 amide bonds. The van der Waals surface area contributed by atoms with Crippen molar-refractivity contribution in [1.82, 2.24) is 5.32 Å². The summed E-state index contributed by atoms with van der Waals surface area (Å²) in [4.78, 5) is 23.9. The van der Waals surface area contributed by atoms with Gasteiger partial charge in [0.15, 0.2) is 17.4 Å². The highest BCUT2D eigenvalue weighted by Crippen LogP contribution is 2.24. The average Bonchev–Trinajstić information content (AvgIpc) is 2.55. The summed E-state index contributed by atoms with van der Waals surface area (Å²) < 4.78 is 25.9. The molecule has 0 saturated heterocycles. The number of aliphatic hydroxyl groups is 1. The average molecular weight is 325 g/mol. The van der Waals surface area contributed by atoms with Crippen LogP contribution >= 0.6 is 0 Å². The summed E-state index contributed by atoms with van der Waals surface area (Å²) in [5, 5.41) is 12.2. The third-order valence-electron chi connectivity index (χ3n) is 4.31. The molecule has 0 bridgehead atoms. The topological polar surface area (TPSA) is 66.4 Å². The van der Waals surface area contributed by atoms with Crippen molar-refractivity contribution in [3.05, 3.63) is 35.4 Å². The van der Waals surface area contributed by atoms with Crippen molar-refractivity contribution in [3.8, 4) is 0 Å². The van der Waals surface area contributed by atoms with E-state index in [1.807, 2.05) is 0 Å². The van der Waals surface area contributed by atoms with Crippen molar-refractivity contribution >= 4 is 11.7 Å². The first-order valence-corrected chi connectivity index (χ1v) is 7.89. The normalized spacial score (nSPS) is 21.0. The summed E-state index contributed by atoms with van der Waals surface area (Å²) in [5.41, 5.74) is 0.0580. The number of carbonyl (C=O) groups is 2. The maximum atomic E-state index is 13.1. The van der Waals surface area contributed by atoms with Crippen LogP contribution < -0.4 is 5.32 Å². The quantitative estimate of drug-likeness (QED) is 0.790. The molecule has 0 aromatic heterocycles. The monoisotopic (exact) mass is 325 g/mol. The first-order chi connectivity index (χ1) is 11.0. The van der Waals surface area contributed by atoms with E-state index >= 15 is 0 Å². The lowest BCUT2D eigenvalue weighted by Crippen LogP contribution is -2.43. The molecule has 2 atom stereocenters. The molecule has 0 radical (unpaired) electrons. The SMILES string of the molecule is O=C(CCC(=O)c1ccc(F)c(F)c1)NC1CCCCC1CO. The van der Waals surface area contributed by atoms with Gasteiger partial charge in [-0.05, 0) is 31.0 Å². The number of halogens is 2. The van der Waals surface area contributed by atoms with E-state index in [0.717, 1.165) is 37.8 Å². The molecule has 2 rings (SSSR count). The van der Waals surface area contributed by atoms with Gasteiger partial charge in [-0.3, -0.25) is 9.59 Å². The van der Waals surface area contributed by atoms with Gasteiger partial charge in [0, 0.05) is 37.0 Å². The molecule has 1 aliphatic rings. The molecule has 2 N–H and O–H groups in total. The van der Waals surface area contributed by atoms with E-state index in [-0.39, 0.29) is 42.9 Å². The highest BCUT2D eigenvalue weighted by atomic mass is 19.2. The van der Waals surface area contributed by atoms with E-state index < -0.39 is 17.4 Å². The molecule has 1 saturated carbocycles. The van der Waals surface area contributed by atoms with Gasteiger partial charge in [0.1, 0.15) is 0 Å².